The lowest BCUT2D eigenvalue weighted by molar-refractivity contribution is 0.277. The van der Waals surface area contributed by atoms with Crippen LogP contribution in [-0.2, 0) is 6.61 Å². The molecular weight excluding hydrogens is 315 g/mol. The van der Waals surface area contributed by atoms with Crippen molar-refractivity contribution in [2.75, 3.05) is 19.0 Å². The summed E-state index contributed by atoms with van der Waals surface area (Å²) in [6, 6.07) is 8.05. The van der Waals surface area contributed by atoms with Gasteiger partial charge in [0, 0.05) is 23.1 Å². The van der Waals surface area contributed by atoms with Crippen molar-refractivity contribution in [2.24, 2.45) is 0 Å². The molecule has 84 valence electrons. The first-order chi connectivity index (χ1) is 7.61. The van der Waals surface area contributed by atoms with Crippen LogP contribution in [0, 0.1) is 3.57 Å². The molecule has 3 nitrogen and oxygen atoms in total. The van der Waals surface area contributed by atoms with Crippen molar-refractivity contribution in [3.05, 3.63) is 33.5 Å². The van der Waals surface area contributed by atoms with Crippen molar-refractivity contribution in [1.82, 2.24) is 4.98 Å². The number of aliphatic hydroxyl groups excluding tert-OH is 1. The highest BCUT2D eigenvalue weighted by atomic mass is 127. The molecule has 1 heterocycles. The lowest BCUT2D eigenvalue weighted by Gasteiger charge is -2.15. The highest BCUT2D eigenvalue weighted by molar-refractivity contribution is 14.1. The first-order valence-corrected chi connectivity index (χ1v) is 6.07. The first-order valence-electron chi connectivity index (χ1n) is 4.99. The number of halogens is 1. The van der Waals surface area contributed by atoms with E-state index in [4.69, 9.17) is 5.11 Å². The standard InChI is InChI=1S/C12H13IN2O/c1-15(2)11-6-9(13)5-8-3-4-10(7-16)14-12(8)11/h3-6,16H,7H2,1-2H3. The van der Waals surface area contributed by atoms with Crippen LogP contribution in [0.3, 0.4) is 0 Å². The number of fused-ring (bicyclic) bond motifs is 1. The topological polar surface area (TPSA) is 36.4 Å². The van der Waals surface area contributed by atoms with Crippen LogP contribution in [0.25, 0.3) is 10.9 Å². The number of hydrogen-bond acceptors (Lipinski definition) is 3. The molecule has 0 fully saturated rings. The van der Waals surface area contributed by atoms with E-state index in [2.05, 4.69) is 39.7 Å². The quantitative estimate of drug-likeness (QED) is 0.860. The number of benzene rings is 1. The Morgan fingerprint density at radius 3 is 2.69 bits per heavy atom. The van der Waals surface area contributed by atoms with Crippen LogP contribution in [0.4, 0.5) is 5.69 Å². The van der Waals surface area contributed by atoms with E-state index in [0.717, 1.165) is 16.6 Å². The van der Waals surface area contributed by atoms with Crippen LogP contribution in [0.5, 0.6) is 0 Å². The van der Waals surface area contributed by atoms with Crippen molar-refractivity contribution in [3.8, 4) is 0 Å². The molecule has 0 spiro atoms. The van der Waals surface area contributed by atoms with Gasteiger partial charge in [0.15, 0.2) is 0 Å². The molecule has 2 aromatic rings. The lowest BCUT2D eigenvalue weighted by atomic mass is 10.1. The highest BCUT2D eigenvalue weighted by Crippen LogP contribution is 2.27. The molecule has 0 saturated carbocycles. The number of aromatic nitrogens is 1. The zero-order chi connectivity index (χ0) is 11.7. The Labute approximate surface area is 108 Å². The molecule has 1 N–H and O–H groups in total. The summed E-state index contributed by atoms with van der Waals surface area (Å²) in [6.07, 6.45) is 0. The average molecular weight is 328 g/mol. The van der Waals surface area contributed by atoms with Crippen LogP contribution < -0.4 is 4.90 Å². The van der Waals surface area contributed by atoms with Gasteiger partial charge in [-0.2, -0.15) is 0 Å². The van der Waals surface area contributed by atoms with Crippen LogP contribution in [0.1, 0.15) is 5.69 Å². The maximum absolute atomic E-state index is 9.10. The summed E-state index contributed by atoms with van der Waals surface area (Å²) >= 11 is 2.30. The third-order valence-electron chi connectivity index (χ3n) is 2.44. The van der Waals surface area contributed by atoms with Crippen LogP contribution >= 0.6 is 22.6 Å². The summed E-state index contributed by atoms with van der Waals surface area (Å²) < 4.78 is 1.19. The molecule has 0 aliphatic heterocycles. The average Bonchev–Trinajstić information content (AvgIpc) is 2.27. The number of hydrogen-bond donors (Lipinski definition) is 1. The Balaban J connectivity index is 2.75. The zero-order valence-corrected chi connectivity index (χ0v) is 11.4. The minimum absolute atomic E-state index is 0.0191. The molecule has 4 heteroatoms. The van der Waals surface area contributed by atoms with Crippen molar-refractivity contribution in [1.29, 1.82) is 0 Å². The van der Waals surface area contributed by atoms with Gasteiger partial charge in [0.1, 0.15) is 0 Å². The normalized spacial score (nSPS) is 10.8. The van der Waals surface area contributed by atoms with Gasteiger partial charge in [-0.3, -0.25) is 0 Å². The molecule has 1 aromatic heterocycles. The summed E-state index contributed by atoms with van der Waals surface area (Å²) in [5.41, 5.74) is 2.73. The summed E-state index contributed by atoms with van der Waals surface area (Å²) in [4.78, 5) is 6.50. The van der Waals surface area contributed by atoms with E-state index >= 15 is 0 Å². The number of pyridine rings is 1. The molecule has 2 rings (SSSR count). The first kappa shape index (κ1) is 11.6. The smallest absolute Gasteiger partial charge is 0.0940 e. The number of nitrogens with zero attached hydrogens (tertiary/aromatic N) is 2. The molecule has 0 aliphatic carbocycles. The maximum atomic E-state index is 9.10. The second-order valence-corrected chi connectivity index (χ2v) is 5.10. The Kier molecular flexibility index (Phi) is 3.30. The second kappa shape index (κ2) is 4.55. The zero-order valence-electron chi connectivity index (χ0n) is 9.24. The van der Waals surface area contributed by atoms with Crippen molar-refractivity contribution in [2.45, 2.75) is 6.61 Å². The number of aliphatic hydroxyl groups is 1. The van der Waals surface area contributed by atoms with E-state index in [1.54, 1.807) is 0 Å². The monoisotopic (exact) mass is 328 g/mol. The third-order valence-corrected chi connectivity index (χ3v) is 3.06. The molecular formula is C12H13IN2O. The van der Waals surface area contributed by atoms with Gasteiger partial charge in [0.2, 0.25) is 0 Å². The van der Waals surface area contributed by atoms with Gasteiger partial charge in [0.05, 0.1) is 23.5 Å². The van der Waals surface area contributed by atoms with Crippen LogP contribution in [-0.4, -0.2) is 24.2 Å². The molecule has 0 bridgehead atoms. The maximum Gasteiger partial charge on any atom is 0.0940 e. The van der Waals surface area contributed by atoms with Crippen LogP contribution in [0.15, 0.2) is 24.3 Å². The predicted molar refractivity (Wildman–Crippen MR) is 74.7 cm³/mol. The molecule has 0 aliphatic rings. The molecule has 0 amide bonds. The van der Waals surface area contributed by atoms with Gasteiger partial charge in [-0.25, -0.2) is 4.98 Å². The Bertz CT molecular complexity index is 526. The lowest BCUT2D eigenvalue weighted by Crippen LogP contribution is -2.10. The fourth-order valence-electron chi connectivity index (χ4n) is 1.65. The van der Waals surface area contributed by atoms with Gasteiger partial charge >= 0.3 is 0 Å². The van der Waals surface area contributed by atoms with E-state index in [1.807, 2.05) is 31.1 Å². The molecule has 16 heavy (non-hydrogen) atoms. The highest BCUT2D eigenvalue weighted by Gasteiger charge is 2.07. The van der Waals surface area contributed by atoms with Gasteiger partial charge in [-0.05, 0) is 40.8 Å². The van der Waals surface area contributed by atoms with Gasteiger partial charge in [-0.1, -0.05) is 6.07 Å². The summed E-state index contributed by atoms with van der Waals surface area (Å²) in [5, 5.41) is 10.2. The van der Waals surface area contributed by atoms with E-state index in [-0.39, 0.29) is 6.61 Å². The van der Waals surface area contributed by atoms with Crippen molar-refractivity contribution < 1.29 is 5.11 Å². The minimum Gasteiger partial charge on any atom is -0.390 e. The Hall–Kier alpha value is -0.880. The van der Waals surface area contributed by atoms with Gasteiger partial charge in [-0.15, -0.1) is 0 Å². The molecule has 0 atom stereocenters. The van der Waals surface area contributed by atoms with Crippen molar-refractivity contribution in [3.63, 3.8) is 0 Å². The van der Waals surface area contributed by atoms with Gasteiger partial charge < -0.3 is 10.0 Å². The van der Waals surface area contributed by atoms with E-state index in [1.165, 1.54) is 3.57 Å². The van der Waals surface area contributed by atoms with Crippen LogP contribution in [0.2, 0.25) is 0 Å². The molecule has 0 radical (unpaired) electrons. The minimum atomic E-state index is -0.0191. The number of rotatable bonds is 2. The Morgan fingerprint density at radius 2 is 2.06 bits per heavy atom. The van der Waals surface area contributed by atoms with E-state index in [9.17, 15) is 0 Å². The fraction of sp³-hybridized carbons (Fsp3) is 0.250. The molecule has 1 aromatic carbocycles. The molecule has 0 saturated heterocycles. The van der Waals surface area contributed by atoms with E-state index in [0.29, 0.717) is 5.69 Å². The van der Waals surface area contributed by atoms with Gasteiger partial charge in [0.25, 0.3) is 0 Å². The largest absolute Gasteiger partial charge is 0.390 e. The van der Waals surface area contributed by atoms with Crippen molar-refractivity contribution >= 4 is 39.2 Å². The summed E-state index contributed by atoms with van der Waals surface area (Å²) in [6.45, 7) is -0.0191. The Morgan fingerprint density at radius 1 is 1.31 bits per heavy atom. The SMILES string of the molecule is CN(C)c1cc(I)cc2ccc(CO)nc12. The van der Waals surface area contributed by atoms with E-state index < -0.39 is 0 Å². The third kappa shape index (κ3) is 2.12. The summed E-state index contributed by atoms with van der Waals surface area (Å²) in [7, 11) is 4.00. The fourth-order valence-corrected chi connectivity index (χ4v) is 2.28. The molecule has 0 unspecified atom stereocenters. The number of anilines is 1. The second-order valence-electron chi connectivity index (χ2n) is 3.85. The summed E-state index contributed by atoms with van der Waals surface area (Å²) in [5.74, 6) is 0. The predicted octanol–water partition coefficient (Wildman–Crippen LogP) is 2.40.